The van der Waals surface area contributed by atoms with Gasteiger partial charge in [0, 0.05) is 5.56 Å². The minimum Gasteiger partial charge on any atom is -0.710 e. The average molecular weight is 156 g/mol. The van der Waals surface area contributed by atoms with Gasteiger partial charge in [0.1, 0.15) is 12.4 Å². The van der Waals surface area contributed by atoms with Gasteiger partial charge in [0.2, 0.25) is 0 Å². The van der Waals surface area contributed by atoms with E-state index < -0.39 is 0 Å². The van der Waals surface area contributed by atoms with Gasteiger partial charge in [-0.2, -0.15) is 0 Å². The number of rotatable bonds is 1. The third-order valence-electron chi connectivity index (χ3n) is 1.07. The summed E-state index contributed by atoms with van der Waals surface area (Å²) in [5.41, 5.74) is 0.882. The van der Waals surface area contributed by atoms with Gasteiger partial charge in [-0.25, -0.2) is 4.73 Å². The zero-order valence-electron chi connectivity index (χ0n) is 5.87. The highest BCUT2D eigenvalue weighted by molar-refractivity contribution is 7.98. The lowest BCUT2D eigenvalue weighted by atomic mass is 10.4. The highest BCUT2D eigenvalue weighted by atomic mass is 32.2. The fraction of sp³-hybridized carbons (Fsp3) is 0.333. The van der Waals surface area contributed by atoms with Crippen molar-refractivity contribution < 1.29 is 4.73 Å². The maximum absolute atomic E-state index is 10.9. The Morgan fingerprint density at radius 3 is 2.90 bits per heavy atom. The molecule has 0 radical (unpaired) electrons. The zero-order chi connectivity index (χ0) is 7.56. The van der Waals surface area contributed by atoms with Crippen molar-refractivity contribution in [3.63, 3.8) is 0 Å². The van der Waals surface area contributed by atoms with E-state index in [1.54, 1.807) is 6.20 Å². The number of aromatic nitrogens is 2. The minimum atomic E-state index is 0.491. The number of thioether (sulfide) groups is 1. The van der Waals surface area contributed by atoms with Crippen molar-refractivity contribution in [1.82, 2.24) is 4.98 Å². The summed E-state index contributed by atoms with van der Waals surface area (Å²) in [5, 5.41) is 11.4. The Labute approximate surface area is 63.7 Å². The van der Waals surface area contributed by atoms with Crippen LogP contribution in [0.25, 0.3) is 0 Å². The van der Waals surface area contributed by atoms with Crippen molar-refractivity contribution in [3.05, 3.63) is 23.2 Å². The standard InChI is InChI=1S/C6H8N2OS/c1-5-3-7-6(10-2)8(9)4-5/h3-4H,1-2H3. The molecule has 4 heteroatoms. The molecule has 54 valence electrons. The average Bonchev–Trinajstić information content (AvgIpc) is 1.88. The molecule has 1 aromatic heterocycles. The molecule has 0 unspecified atom stereocenters. The van der Waals surface area contributed by atoms with E-state index in [4.69, 9.17) is 0 Å². The van der Waals surface area contributed by atoms with Gasteiger partial charge < -0.3 is 5.21 Å². The van der Waals surface area contributed by atoms with Crippen LogP contribution in [-0.4, -0.2) is 11.2 Å². The molecule has 0 aliphatic rings. The van der Waals surface area contributed by atoms with Gasteiger partial charge in [-0.3, -0.25) is 0 Å². The first-order valence-electron chi connectivity index (χ1n) is 2.84. The van der Waals surface area contributed by atoms with Crippen LogP contribution in [0, 0.1) is 12.1 Å². The molecule has 3 nitrogen and oxygen atoms in total. The molecular formula is C6H8N2OS. The van der Waals surface area contributed by atoms with Crippen LogP contribution in [0.1, 0.15) is 5.56 Å². The van der Waals surface area contributed by atoms with Crippen LogP contribution in [0.2, 0.25) is 0 Å². The largest absolute Gasteiger partial charge is 0.710 e. The monoisotopic (exact) mass is 156 g/mol. The van der Waals surface area contributed by atoms with Gasteiger partial charge in [0.05, 0.1) is 0 Å². The first-order valence-corrected chi connectivity index (χ1v) is 4.06. The SMILES string of the molecule is CSc1ncc(C)c[n+]1[O-]. The smallest absolute Gasteiger partial charge is 0.361 e. The van der Waals surface area contributed by atoms with E-state index >= 15 is 0 Å². The van der Waals surface area contributed by atoms with Crippen molar-refractivity contribution in [2.75, 3.05) is 6.26 Å². The normalized spacial score (nSPS) is 9.80. The van der Waals surface area contributed by atoms with Crippen LogP contribution in [0.4, 0.5) is 0 Å². The van der Waals surface area contributed by atoms with E-state index in [1.807, 2.05) is 13.2 Å². The summed E-state index contributed by atoms with van der Waals surface area (Å²) in [5.74, 6) is 0. The maximum Gasteiger partial charge on any atom is 0.361 e. The molecule has 0 aliphatic carbocycles. The van der Waals surface area contributed by atoms with Crippen molar-refractivity contribution >= 4 is 11.8 Å². The molecule has 0 bridgehead atoms. The molecule has 10 heavy (non-hydrogen) atoms. The van der Waals surface area contributed by atoms with Crippen molar-refractivity contribution in [3.8, 4) is 0 Å². The summed E-state index contributed by atoms with van der Waals surface area (Å²) < 4.78 is 0.778. The second kappa shape index (κ2) is 2.88. The lowest BCUT2D eigenvalue weighted by Crippen LogP contribution is -2.29. The van der Waals surface area contributed by atoms with E-state index in [1.165, 1.54) is 18.0 Å². The van der Waals surface area contributed by atoms with Crippen LogP contribution in [0.3, 0.4) is 0 Å². The highest BCUT2D eigenvalue weighted by Crippen LogP contribution is 2.03. The Balaban J connectivity index is 3.07. The fourth-order valence-electron chi connectivity index (χ4n) is 0.630. The third-order valence-corrected chi connectivity index (χ3v) is 1.72. The molecule has 1 aromatic rings. The van der Waals surface area contributed by atoms with Gasteiger partial charge >= 0.3 is 5.16 Å². The molecule has 0 aliphatic heterocycles. The van der Waals surface area contributed by atoms with Crippen molar-refractivity contribution in [1.29, 1.82) is 0 Å². The van der Waals surface area contributed by atoms with Crippen LogP contribution in [0.5, 0.6) is 0 Å². The summed E-state index contributed by atoms with van der Waals surface area (Å²) in [7, 11) is 0. The van der Waals surface area contributed by atoms with Crippen LogP contribution in [0.15, 0.2) is 17.6 Å². The Bertz CT molecular complexity index is 239. The van der Waals surface area contributed by atoms with Crippen LogP contribution < -0.4 is 4.73 Å². The van der Waals surface area contributed by atoms with Crippen molar-refractivity contribution in [2.45, 2.75) is 12.1 Å². The quantitative estimate of drug-likeness (QED) is 0.260. The molecule has 0 saturated carbocycles. The minimum absolute atomic E-state index is 0.491. The molecule has 0 aromatic carbocycles. The van der Waals surface area contributed by atoms with E-state index in [0.717, 1.165) is 10.3 Å². The van der Waals surface area contributed by atoms with E-state index in [-0.39, 0.29) is 0 Å². The first-order chi connectivity index (χ1) is 4.74. The molecule has 0 atom stereocenters. The van der Waals surface area contributed by atoms with Crippen LogP contribution in [-0.2, 0) is 0 Å². The van der Waals surface area contributed by atoms with Gasteiger partial charge in [0.25, 0.3) is 0 Å². The summed E-state index contributed by atoms with van der Waals surface area (Å²) in [6, 6.07) is 0. The molecule has 0 N–H and O–H groups in total. The highest BCUT2D eigenvalue weighted by Gasteiger charge is 2.03. The lowest BCUT2D eigenvalue weighted by Gasteiger charge is -2.02. The summed E-state index contributed by atoms with van der Waals surface area (Å²) in [6.45, 7) is 1.84. The zero-order valence-corrected chi connectivity index (χ0v) is 6.68. The van der Waals surface area contributed by atoms with E-state index in [9.17, 15) is 5.21 Å². The topological polar surface area (TPSA) is 39.8 Å². The molecule has 0 saturated heterocycles. The van der Waals surface area contributed by atoms with Crippen LogP contribution >= 0.6 is 11.8 Å². The number of aryl methyl sites for hydroxylation is 1. The molecule has 0 amide bonds. The molecule has 0 spiro atoms. The lowest BCUT2D eigenvalue weighted by molar-refractivity contribution is -0.650. The number of hydrogen-bond donors (Lipinski definition) is 0. The number of hydrogen-bond acceptors (Lipinski definition) is 3. The molecule has 1 heterocycles. The van der Waals surface area contributed by atoms with E-state index in [0.29, 0.717) is 5.16 Å². The predicted molar refractivity (Wildman–Crippen MR) is 39.7 cm³/mol. The Morgan fingerprint density at radius 1 is 1.70 bits per heavy atom. The second-order valence-electron chi connectivity index (χ2n) is 1.94. The van der Waals surface area contributed by atoms with Crippen molar-refractivity contribution in [2.24, 2.45) is 0 Å². The molecule has 1 rings (SSSR count). The third kappa shape index (κ3) is 1.39. The number of nitrogens with zero attached hydrogens (tertiary/aromatic N) is 2. The summed E-state index contributed by atoms with van der Waals surface area (Å²) in [6.07, 6.45) is 5.02. The van der Waals surface area contributed by atoms with Gasteiger partial charge in [-0.1, -0.05) is 0 Å². The summed E-state index contributed by atoms with van der Waals surface area (Å²) in [4.78, 5) is 3.91. The second-order valence-corrected chi connectivity index (χ2v) is 2.72. The fourth-order valence-corrected chi connectivity index (χ4v) is 1.02. The van der Waals surface area contributed by atoms with E-state index in [2.05, 4.69) is 4.98 Å². The Hall–Kier alpha value is -0.770. The van der Waals surface area contributed by atoms with Gasteiger partial charge in [0.15, 0.2) is 0 Å². The molecule has 0 fully saturated rings. The Morgan fingerprint density at radius 2 is 2.40 bits per heavy atom. The Kier molecular flexibility index (Phi) is 2.11. The van der Waals surface area contributed by atoms with Gasteiger partial charge in [-0.15, -0.1) is 0 Å². The van der Waals surface area contributed by atoms with Gasteiger partial charge in [-0.05, 0) is 29.9 Å². The predicted octanol–water partition coefficient (Wildman–Crippen LogP) is 0.745. The first kappa shape index (κ1) is 7.34. The summed E-state index contributed by atoms with van der Waals surface area (Å²) >= 11 is 1.34. The molecular weight excluding hydrogens is 148 g/mol. The maximum atomic E-state index is 10.9.